The van der Waals surface area contributed by atoms with E-state index < -0.39 is 0 Å². The first-order valence-electron chi connectivity index (χ1n) is 11.1. The standard InChI is InChI=1S/C25H29ClN4O2S/c1-19-7-9-22(10-8-19)30(20(2)31)25-27-21(18-33-25)17-29-13-11-28(12-14-29)15-16-32-24-6-4-3-5-23(24)26/h3-10,18H,11-17H2,1-2H3. The zero-order chi connectivity index (χ0) is 23.2. The third-order valence-electron chi connectivity index (χ3n) is 5.69. The minimum atomic E-state index is -0.0348. The van der Waals surface area contributed by atoms with Gasteiger partial charge in [-0.05, 0) is 31.2 Å². The van der Waals surface area contributed by atoms with Crippen molar-refractivity contribution in [2.24, 2.45) is 0 Å². The topological polar surface area (TPSA) is 48.9 Å². The van der Waals surface area contributed by atoms with Crippen molar-refractivity contribution < 1.29 is 9.53 Å². The van der Waals surface area contributed by atoms with E-state index in [1.165, 1.54) is 11.3 Å². The van der Waals surface area contributed by atoms with Crippen LogP contribution < -0.4 is 9.64 Å². The van der Waals surface area contributed by atoms with Gasteiger partial charge < -0.3 is 4.74 Å². The van der Waals surface area contributed by atoms with Gasteiger partial charge in [-0.25, -0.2) is 4.98 Å². The number of anilines is 2. The van der Waals surface area contributed by atoms with Gasteiger partial charge in [0.2, 0.25) is 5.91 Å². The van der Waals surface area contributed by atoms with E-state index >= 15 is 0 Å². The van der Waals surface area contributed by atoms with Gasteiger partial charge in [-0.1, -0.05) is 41.4 Å². The minimum absolute atomic E-state index is 0.0348. The first-order chi connectivity index (χ1) is 16.0. The number of amides is 1. The van der Waals surface area contributed by atoms with Crippen LogP contribution in [0.2, 0.25) is 5.02 Å². The summed E-state index contributed by atoms with van der Waals surface area (Å²) in [7, 11) is 0. The molecule has 1 fully saturated rings. The Bertz CT molecular complexity index is 1060. The van der Waals surface area contributed by atoms with Crippen LogP contribution in [-0.4, -0.2) is 60.0 Å². The maximum atomic E-state index is 12.3. The normalized spacial score (nSPS) is 14.9. The van der Waals surface area contributed by atoms with Crippen molar-refractivity contribution in [3.8, 4) is 5.75 Å². The van der Waals surface area contributed by atoms with Crippen LogP contribution in [0.25, 0.3) is 0 Å². The van der Waals surface area contributed by atoms with E-state index in [4.69, 9.17) is 21.3 Å². The molecular weight excluding hydrogens is 456 g/mol. The molecule has 1 saturated heterocycles. The smallest absolute Gasteiger partial charge is 0.230 e. The molecule has 1 aliphatic rings. The van der Waals surface area contributed by atoms with E-state index in [1.807, 2.05) is 55.5 Å². The number of halogens is 1. The van der Waals surface area contributed by atoms with Crippen molar-refractivity contribution in [2.75, 3.05) is 44.2 Å². The summed E-state index contributed by atoms with van der Waals surface area (Å²) >= 11 is 7.66. The number of thiazole rings is 1. The van der Waals surface area contributed by atoms with Crippen molar-refractivity contribution in [2.45, 2.75) is 20.4 Å². The number of aryl methyl sites for hydroxylation is 1. The van der Waals surface area contributed by atoms with Crippen LogP contribution in [0.3, 0.4) is 0 Å². The Morgan fingerprint density at radius 3 is 2.48 bits per heavy atom. The number of piperazine rings is 1. The monoisotopic (exact) mass is 484 g/mol. The van der Waals surface area contributed by atoms with E-state index in [9.17, 15) is 4.79 Å². The van der Waals surface area contributed by atoms with Gasteiger partial charge in [-0.3, -0.25) is 19.5 Å². The molecule has 8 heteroatoms. The number of ether oxygens (including phenoxy) is 1. The number of benzene rings is 2. The van der Waals surface area contributed by atoms with Crippen LogP contribution in [0.5, 0.6) is 5.75 Å². The highest BCUT2D eigenvalue weighted by Gasteiger charge is 2.21. The van der Waals surface area contributed by atoms with Gasteiger partial charge in [0, 0.05) is 51.6 Å². The minimum Gasteiger partial charge on any atom is -0.491 e. The summed E-state index contributed by atoms with van der Waals surface area (Å²) in [6.45, 7) is 9.85. The zero-order valence-corrected chi connectivity index (χ0v) is 20.6. The molecule has 3 aromatic rings. The Morgan fingerprint density at radius 2 is 1.79 bits per heavy atom. The Balaban J connectivity index is 1.26. The van der Waals surface area contributed by atoms with Crippen molar-refractivity contribution in [1.82, 2.24) is 14.8 Å². The molecule has 2 aromatic carbocycles. The summed E-state index contributed by atoms with van der Waals surface area (Å²) < 4.78 is 5.82. The molecule has 0 atom stereocenters. The fraction of sp³-hybridized carbons (Fsp3) is 0.360. The molecule has 0 radical (unpaired) electrons. The van der Waals surface area contributed by atoms with Crippen molar-refractivity contribution >= 4 is 39.7 Å². The number of aromatic nitrogens is 1. The van der Waals surface area contributed by atoms with Gasteiger partial charge in [0.25, 0.3) is 0 Å². The van der Waals surface area contributed by atoms with E-state index in [0.717, 1.165) is 67.1 Å². The van der Waals surface area contributed by atoms with Gasteiger partial charge in [-0.2, -0.15) is 0 Å². The second kappa shape index (κ2) is 11.1. The maximum Gasteiger partial charge on any atom is 0.230 e. The number of carbonyl (C=O) groups is 1. The molecule has 0 unspecified atom stereocenters. The van der Waals surface area contributed by atoms with Crippen molar-refractivity contribution in [3.05, 3.63) is 70.2 Å². The molecule has 33 heavy (non-hydrogen) atoms. The highest BCUT2D eigenvalue weighted by molar-refractivity contribution is 7.14. The predicted molar refractivity (Wildman–Crippen MR) is 135 cm³/mol. The Hall–Kier alpha value is -2.45. The van der Waals surface area contributed by atoms with Gasteiger partial charge in [0.15, 0.2) is 5.13 Å². The molecule has 1 amide bonds. The van der Waals surface area contributed by atoms with Crippen LogP contribution >= 0.6 is 22.9 Å². The number of rotatable bonds is 8. The Morgan fingerprint density at radius 1 is 1.09 bits per heavy atom. The fourth-order valence-corrected chi connectivity index (χ4v) is 4.91. The first-order valence-corrected chi connectivity index (χ1v) is 12.4. The SMILES string of the molecule is CC(=O)N(c1ccc(C)cc1)c1nc(CN2CCN(CCOc3ccccc3Cl)CC2)cs1. The quantitative estimate of drug-likeness (QED) is 0.451. The summed E-state index contributed by atoms with van der Waals surface area (Å²) in [6.07, 6.45) is 0. The Kier molecular flexibility index (Phi) is 7.98. The molecule has 1 aromatic heterocycles. The fourth-order valence-electron chi connectivity index (χ4n) is 3.84. The number of nitrogens with zero attached hydrogens (tertiary/aromatic N) is 4. The third kappa shape index (κ3) is 6.32. The third-order valence-corrected chi connectivity index (χ3v) is 6.88. The van der Waals surface area contributed by atoms with Gasteiger partial charge in [0.05, 0.1) is 16.4 Å². The second-order valence-electron chi connectivity index (χ2n) is 8.21. The molecule has 4 rings (SSSR count). The maximum absolute atomic E-state index is 12.3. The lowest BCUT2D eigenvalue weighted by molar-refractivity contribution is -0.115. The number of carbonyl (C=O) groups excluding carboxylic acids is 1. The summed E-state index contributed by atoms with van der Waals surface area (Å²) in [5, 5.41) is 3.43. The number of hydrogen-bond acceptors (Lipinski definition) is 6. The lowest BCUT2D eigenvalue weighted by atomic mass is 10.2. The Labute approximate surface area is 204 Å². The highest BCUT2D eigenvalue weighted by Crippen LogP contribution is 2.29. The molecule has 0 bridgehead atoms. The van der Waals surface area contributed by atoms with Crippen molar-refractivity contribution in [3.63, 3.8) is 0 Å². The molecule has 1 aliphatic heterocycles. The molecule has 2 heterocycles. The van der Waals surface area contributed by atoms with E-state index in [1.54, 1.807) is 11.8 Å². The lowest BCUT2D eigenvalue weighted by Gasteiger charge is -2.34. The summed E-state index contributed by atoms with van der Waals surface area (Å²) in [6, 6.07) is 15.5. The van der Waals surface area contributed by atoms with Crippen molar-refractivity contribution in [1.29, 1.82) is 0 Å². The lowest BCUT2D eigenvalue weighted by Crippen LogP contribution is -2.47. The van der Waals surface area contributed by atoms with Crippen LogP contribution in [0.15, 0.2) is 53.9 Å². The summed E-state index contributed by atoms with van der Waals surface area (Å²) in [5.41, 5.74) is 3.02. The average molecular weight is 485 g/mol. The average Bonchev–Trinajstić information content (AvgIpc) is 3.25. The largest absolute Gasteiger partial charge is 0.491 e. The molecule has 0 saturated carbocycles. The molecule has 0 spiro atoms. The molecule has 6 nitrogen and oxygen atoms in total. The van der Waals surface area contributed by atoms with Gasteiger partial charge in [-0.15, -0.1) is 11.3 Å². The van der Waals surface area contributed by atoms with E-state index in [2.05, 4.69) is 15.2 Å². The van der Waals surface area contributed by atoms with Crippen LogP contribution in [-0.2, 0) is 11.3 Å². The first kappa shape index (κ1) is 23.7. The zero-order valence-electron chi connectivity index (χ0n) is 19.0. The predicted octanol–water partition coefficient (Wildman–Crippen LogP) is 4.99. The molecule has 174 valence electrons. The van der Waals surface area contributed by atoms with Crippen LogP contribution in [0, 0.1) is 6.92 Å². The number of para-hydroxylation sites is 1. The summed E-state index contributed by atoms with van der Waals surface area (Å²) in [4.78, 5) is 23.6. The van der Waals surface area contributed by atoms with E-state index in [-0.39, 0.29) is 5.91 Å². The second-order valence-corrected chi connectivity index (χ2v) is 9.45. The number of hydrogen-bond donors (Lipinski definition) is 0. The molecular formula is C25H29ClN4O2S. The van der Waals surface area contributed by atoms with Crippen LogP contribution in [0.1, 0.15) is 18.2 Å². The van der Waals surface area contributed by atoms with E-state index in [0.29, 0.717) is 11.6 Å². The molecule has 0 N–H and O–H groups in total. The van der Waals surface area contributed by atoms with Crippen LogP contribution in [0.4, 0.5) is 10.8 Å². The summed E-state index contributed by atoms with van der Waals surface area (Å²) in [5.74, 6) is 0.703. The van der Waals surface area contributed by atoms with Gasteiger partial charge in [0.1, 0.15) is 12.4 Å². The highest BCUT2D eigenvalue weighted by atomic mass is 35.5. The van der Waals surface area contributed by atoms with Gasteiger partial charge >= 0.3 is 0 Å². The molecule has 0 aliphatic carbocycles.